The zero-order chi connectivity index (χ0) is 19.1. The smallest absolute Gasteiger partial charge is 0.279 e. The van der Waals surface area contributed by atoms with Crippen molar-refractivity contribution in [2.24, 2.45) is 0 Å². The third-order valence-corrected chi connectivity index (χ3v) is 3.95. The second-order valence-electron chi connectivity index (χ2n) is 6.00. The van der Waals surface area contributed by atoms with Gasteiger partial charge in [-0.25, -0.2) is 8.78 Å². The van der Waals surface area contributed by atoms with Gasteiger partial charge in [0.2, 0.25) is 0 Å². The van der Waals surface area contributed by atoms with Gasteiger partial charge in [0.1, 0.15) is 0 Å². The molecule has 2 N–H and O–H groups in total. The van der Waals surface area contributed by atoms with Crippen molar-refractivity contribution in [3.05, 3.63) is 53.6 Å². The Morgan fingerprint density at radius 1 is 1.04 bits per heavy atom. The van der Waals surface area contributed by atoms with Crippen LogP contribution in [0.4, 0.5) is 14.5 Å². The van der Waals surface area contributed by atoms with E-state index < -0.39 is 11.6 Å². The van der Waals surface area contributed by atoms with Crippen molar-refractivity contribution in [1.29, 1.82) is 0 Å². The Morgan fingerprint density at radius 3 is 2.42 bits per heavy atom. The molecule has 0 fully saturated rings. The van der Waals surface area contributed by atoms with Crippen LogP contribution in [0.1, 0.15) is 5.56 Å². The molecule has 0 radical (unpaired) electrons. The van der Waals surface area contributed by atoms with Crippen LogP contribution in [0.25, 0.3) is 0 Å². The van der Waals surface area contributed by atoms with E-state index in [2.05, 4.69) is 5.32 Å². The molecule has 2 aromatic carbocycles. The first-order chi connectivity index (χ1) is 12.4. The molecule has 26 heavy (non-hydrogen) atoms. The van der Waals surface area contributed by atoms with E-state index in [1.807, 2.05) is 25.2 Å². The summed E-state index contributed by atoms with van der Waals surface area (Å²) in [6, 6.07) is 8.99. The third-order valence-electron chi connectivity index (χ3n) is 3.95. The molecule has 5 nitrogen and oxygen atoms in total. The maximum atomic E-state index is 13.2. The molecule has 0 aliphatic carbocycles. The highest BCUT2D eigenvalue weighted by Gasteiger charge is 2.12. The average Bonchev–Trinajstić information content (AvgIpc) is 2.62. The number of ether oxygens (including phenoxy) is 2. The number of hydrogen-bond acceptors (Lipinski definition) is 3. The van der Waals surface area contributed by atoms with Gasteiger partial charge < -0.3 is 19.7 Å². The summed E-state index contributed by atoms with van der Waals surface area (Å²) in [4.78, 5) is 13.0. The number of carbonyl (C=O) groups is 1. The van der Waals surface area contributed by atoms with Gasteiger partial charge in [-0.05, 0) is 29.8 Å². The fraction of sp³-hybridized carbons (Fsp3) is 0.316. The van der Waals surface area contributed by atoms with Gasteiger partial charge in [-0.1, -0.05) is 6.07 Å². The Bertz CT molecular complexity index is 768. The molecule has 1 amide bonds. The van der Waals surface area contributed by atoms with Crippen molar-refractivity contribution in [1.82, 2.24) is 0 Å². The first-order valence-corrected chi connectivity index (χ1v) is 8.20. The standard InChI is InChI=1S/C19H22F2N2O3/c1-23(9-8-13-4-7-17(25-2)18(10-13)26-3)12-19(24)22-14-5-6-15(20)16(21)11-14/h4-7,10-11H,8-9,12H2,1-3H3,(H,22,24)/p+1. The molecule has 0 bridgehead atoms. The molecule has 0 aliphatic rings. The van der Waals surface area contributed by atoms with Gasteiger partial charge in [0.25, 0.3) is 5.91 Å². The highest BCUT2D eigenvalue weighted by Crippen LogP contribution is 2.27. The SMILES string of the molecule is COc1ccc(CC[NH+](C)CC(=O)Nc2ccc(F)c(F)c2)cc1OC. The Morgan fingerprint density at radius 2 is 1.77 bits per heavy atom. The van der Waals surface area contributed by atoms with Crippen LogP contribution in [-0.2, 0) is 11.2 Å². The molecule has 0 aromatic heterocycles. The molecule has 1 atom stereocenters. The minimum Gasteiger partial charge on any atom is -0.493 e. The molecule has 0 spiro atoms. The van der Waals surface area contributed by atoms with Gasteiger partial charge >= 0.3 is 0 Å². The number of amides is 1. The number of benzene rings is 2. The van der Waals surface area contributed by atoms with Crippen molar-refractivity contribution in [3.8, 4) is 11.5 Å². The predicted molar refractivity (Wildman–Crippen MR) is 94.9 cm³/mol. The van der Waals surface area contributed by atoms with E-state index in [-0.39, 0.29) is 18.1 Å². The van der Waals surface area contributed by atoms with Crippen LogP contribution < -0.4 is 19.7 Å². The van der Waals surface area contributed by atoms with Gasteiger partial charge in [-0.3, -0.25) is 4.79 Å². The van der Waals surface area contributed by atoms with Gasteiger partial charge in [-0.2, -0.15) is 0 Å². The predicted octanol–water partition coefficient (Wildman–Crippen LogP) is 1.68. The number of methoxy groups -OCH3 is 2. The molecule has 0 saturated carbocycles. The van der Waals surface area contributed by atoms with Crippen LogP contribution in [0, 0.1) is 11.6 Å². The summed E-state index contributed by atoms with van der Waals surface area (Å²) in [5, 5.41) is 2.57. The monoisotopic (exact) mass is 365 g/mol. The van der Waals surface area contributed by atoms with E-state index in [4.69, 9.17) is 9.47 Å². The zero-order valence-electron chi connectivity index (χ0n) is 15.1. The number of halogens is 2. The van der Waals surface area contributed by atoms with Crippen LogP contribution in [0.5, 0.6) is 11.5 Å². The van der Waals surface area contributed by atoms with Crippen LogP contribution in [0.15, 0.2) is 36.4 Å². The van der Waals surface area contributed by atoms with Crippen LogP contribution in [0.3, 0.4) is 0 Å². The maximum Gasteiger partial charge on any atom is 0.279 e. The highest BCUT2D eigenvalue weighted by atomic mass is 19.2. The molecular weight excluding hydrogens is 342 g/mol. The van der Waals surface area contributed by atoms with E-state index in [1.165, 1.54) is 6.07 Å². The van der Waals surface area contributed by atoms with E-state index >= 15 is 0 Å². The lowest BCUT2D eigenvalue weighted by atomic mass is 10.1. The molecule has 0 heterocycles. The van der Waals surface area contributed by atoms with Crippen molar-refractivity contribution < 1.29 is 27.9 Å². The molecule has 1 unspecified atom stereocenters. The van der Waals surface area contributed by atoms with E-state index in [9.17, 15) is 13.6 Å². The minimum absolute atomic E-state index is 0.215. The summed E-state index contributed by atoms with van der Waals surface area (Å²) >= 11 is 0. The second-order valence-corrected chi connectivity index (χ2v) is 6.00. The minimum atomic E-state index is -0.989. The van der Waals surface area contributed by atoms with Gasteiger partial charge in [0, 0.05) is 18.2 Å². The summed E-state index contributed by atoms with van der Waals surface area (Å²) < 4.78 is 36.6. The lowest BCUT2D eigenvalue weighted by Gasteiger charge is -2.15. The number of quaternary nitrogens is 1. The summed E-state index contributed by atoms with van der Waals surface area (Å²) in [7, 11) is 5.06. The molecular formula is C19H23F2N2O3+. The van der Waals surface area contributed by atoms with Crippen molar-refractivity contribution in [3.63, 3.8) is 0 Å². The van der Waals surface area contributed by atoms with Crippen molar-refractivity contribution >= 4 is 11.6 Å². The van der Waals surface area contributed by atoms with Crippen molar-refractivity contribution in [2.45, 2.75) is 6.42 Å². The first-order valence-electron chi connectivity index (χ1n) is 8.20. The van der Waals surface area contributed by atoms with Gasteiger partial charge in [0.15, 0.2) is 29.7 Å². The normalized spacial score (nSPS) is 11.7. The van der Waals surface area contributed by atoms with Crippen LogP contribution in [0.2, 0.25) is 0 Å². The number of carbonyl (C=O) groups excluding carboxylic acids is 1. The fourth-order valence-corrected chi connectivity index (χ4v) is 2.54. The maximum absolute atomic E-state index is 13.2. The number of nitrogens with one attached hydrogen (secondary N) is 2. The van der Waals surface area contributed by atoms with E-state index in [0.717, 1.165) is 35.6 Å². The van der Waals surface area contributed by atoms with E-state index in [1.54, 1.807) is 14.2 Å². The largest absolute Gasteiger partial charge is 0.493 e. The van der Waals surface area contributed by atoms with Gasteiger partial charge in [0.05, 0.1) is 27.8 Å². The molecule has 0 aliphatic heterocycles. The number of hydrogen-bond donors (Lipinski definition) is 2. The van der Waals surface area contributed by atoms with Crippen molar-refractivity contribution in [2.75, 3.05) is 39.7 Å². The molecule has 140 valence electrons. The number of likely N-dealkylation sites (N-methyl/N-ethyl adjacent to an activating group) is 1. The lowest BCUT2D eigenvalue weighted by molar-refractivity contribution is -0.870. The number of anilines is 1. The second kappa shape index (κ2) is 9.15. The fourth-order valence-electron chi connectivity index (χ4n) is 2.54. The number of rotatable bonds is 8. The Hall–Kier alpha value is -2.67. The first kappa shape index (κ1) is 19.7. The van der Waals surface area contributed by atoms with Crippen LogP contribution >= 0.6 is 0 Å². The average molecular weight is 365 g/mol. The summed E-state index contributed by atoms with van der Waals surface area (Å²) in [5.41, 5.74) is 1.31. The van der Waals surface area contributed by atoms with E-state index in [0.29, 0.717) is 11.5 Å². The Balaban J connectivity index is 1.85. The third kappa shape index (κ3) is 5.42. The summed E-state index contributed by atoms with van der Waals surface area (Å²) in [5.74, 6) is -0.861. The molecule has 7 heteroatoms. The summed E-state index contributed by atoms with van der Waals surface area (Å²) in [6.45, 7) is 0.937. The quantitative estimate of drug-likeness (QED) is 0.748. The lowest BCUT2D eigenvalue weighted by Crippen LogP contribution is -3.10. The Labute approximate surface area is 151 Å². The van der Waals surface area contributed by atoms with Gasteiger partial charge in [-0.15, -0.1) is 0 Å². The Kier molecular flexibility index (Phi) is 6.91. The van der Waals surface area contributed by atoms with Crippen LogP contribution in [-0.4, -0.2) is 40.3 Å². The topological polar surface area (TPSA) is 52.0 Å². The molecule has 2 rings (SSSR count). The highest BCUT2D eigenvalue weighted by molar-refractivity contribution is 5.91. The molecule has 0 saturated heterocycles. The summed E-state index contributed by atoms with van der Waals surface area (Å²) in [6.07, 6.45) is 0.755. The zero-order valence-corrected chi connectivity index (χ0v) is 15.1. The molecule has 2 aromatic rings.